The summed E-state index contributed by atoms with van der Waals surface area (Å²) in [6.07, 6.45) is 1.70. The van der Waals surface area contributed by atoms with Crippen LogP contribution in [0, 0.1) is 6.92 Å². The van der Waals surface area contributed by atoms with Gasteiger partial charge in [0.25, 0.3) is 0 Å². The van der Waals surface area contributed by atoms with E-state index in [1.807, 2.05) is 19.9 Å². The van der Waals surface area contributed by atoms with Gasteiger partial charge in [-0.05, 0) is 31.5 Å². The Morgan fingerprint density at radius 3 is 2.75 bits per heavy atom. The van der Waals surface area contributed by atoms with Gasteiger partial charge in [0.05, 0.1) is 10.7 Å². The lowest BCUT2D eigenvalue weighted by Crippen LogP contribution is -2.21. The van der Waals surface area contributed by atoms with Crippen LogP contribution in [0.4, 0.5) is 11.4 Å². The second-order valence-electron chi connectivity index (χ2n) is 3.88. The molecule has 1 aromatic carbocycles. The number of hydrogen-bond donors (Lipinski definition) is 2. The molecule has 1 aromatic rings. The Hall–Kier alpha value is -0.740. The van der Waals surface area contributed by atoms with E-state index >= 15 is 0 Å². The fourth-order valence-electron chi connectivity index (χ4n) is 1.27. The number of rotatable bonds is 4. The first kappa shape index (κ1) is 13.3. The molecule has 0 spiro atoms. The molecule has 0 aliphatic carbocycles. The molecule has 2 unspecified atom stereocenters. The predicted octanol–water partition coefficient (Wildman–Crippen LogP) is 2.41. The lowest BCUT2D eigenvalue weighted by atomic mass is 10.2. The lowest BCUT2D eigenvalue weighted by molar-refractivity contribution is 0.679. The summed E-state index contributed by atoms with van der Waals surface area (Å²) < 4.78 is 11.2. The molecule has 2 atom stereocenters. The molecule has 0 aliphatic heterocycles. The molecular formula is C11H17ClN2OS. The number of benzene rings is 1. The zero-order chi connectivity index (χ0) is 12.3. The van der Waals surface area contributed by atoms with Crippen LogP contribution in [-0.4, -0.2) is 22.3 Å². The van der Waals surface area contributed by atoms with Crippen LogP contribution in [0.25, 0.3) is 0 Å². The summed E-state index contributed by atoms with van der Waals surface area (Å²) in [5, 5.41) is 3.88. The zero-order valence-electron chi connectivity index (χ0n) is 9.71. The van der Waals surface area contributed by atoms with E-state index in [4.69, 9.17) is 17.3 Å². The molecule has 0 amide bonds. The van der Waals surface area contributed by atoms with Crippen LogP contribution >= 0.6 is 11.6 Å². The van der Waals surface area contributed by atoms with Gasteiger partial charge in [-0.3, -0.25) is 4.21 Å². The molecule has 1 rings (SSSR count). The predicted molar refractivity (Wildman–Crippen MR) is 72.6 cm³/mol. The van der Waals surface area contributed by atoms with Gasteiger partial charge in [-0.15, -0.1) is 0 Å². The van der Waals surface area contributed by atoms with Crippen molar-refractivity contribution < 1.29 is 4.21 Å². The van der Waals surface area contributed by atoms with Gasteiger partial charge in [0, 0.05) is 34.5 Å². The smallest absolute Gasteiger partial charge is 0.0656 e. The summed E-state index contributed by atoms with van der Waals surface area (Å²) >= 11 is 5.94. The number of anilines is 2. The summed E-state index contributed by atoms with van der Waals surface area (Å²) in [4.78, 5) is 0. The van der Waals surface area contributed by atoms with Crippen molar-refractivity contribution in [1.82, 2.24) is 0 Å². The third kappa shape index (κ3) is 3.39. The number of hydrogen-bond acceptors (Lipinski definition) is 3. The maximum atomic E-state index is 11.2. The number of aryl methyl sites for hydroxylation is 1. The summed E-state index contributed by atoms with van der Waals surface area (Å²) in [5.74, 6) is 0. The minimum absolute atomic E-state index is 0.107. The molecule has 0 aliphatic rings. The largest absolute Gasteiger partial charge is 0.398 e. The van der Waals surface area contributed by atoms with E-state index < -0.39 is 10.8 Å². The lowest BCUT2D eigenvalue weighted by Gasteiger charge is -2.14. The zero-order valence-corrected chi connectivity index (χ0v) is 11.3. The molecule has 0 heterocycles. The monoisotopic (exact) mass is 260 g/mol. The summed E-state index contributed by atoms with van der Waals surface area (Å²) in [5.41, 5.74) is 8.24. The molecule has 0 radical (unpaired) electrons. The van der Waals surface area contributed by atoms with Crippen LogP contribution in [0.15, 0.2) is 12.1 Å². The third-order valence-corrected chi connectivity index (χ3v) is 4.12. The Kier molecular flexibility index (Phi) is 4.62. The molecule has 0 fully saturated rings. The van der Waals surface area contributed by atoms with Crippen molar-refractivity contribution in [3.05, 3.63) is 22.7 Å². The van der Waals surface area contributed by atoms with Crippen molar-refractivity contribution in [2.45, 2.75) is 19.1 Å². The topological polar surface area (TPSA) is 55.1 Å². The van der Waals surface area contributed by atoms with Crippen molar-refractivity contribution >= 4 is 33.8 Å². The molecule has 90 valence electrons. The highest BCUT2D eigenvalue weighted by atomic mass is 35.5. The Morgan fingerprint density at radius 2 is 2.19 bits per heavy atom. The van der Waals surface area contributed by atoms with Crippen LogP contribution in [0.1, 0.15) is 12.5 Å². The highest BCUT2D eigenvalue weighted by Gasteiger charge is 2.08. The number of nitrogens with two attached hydrogens (primary N) is 1. The van der Waals surface area contributed by atoms with E-state index in [-0.39, 0.29) is 5.25 Å². The fraction of sp³-hybridized carbons (Fsp3) is 0.455. The first-order chi connectivity index (χ1) is 7.41. The summed E-state index contributed by atoms with van der Waals surface area (Å²) in [6, 6.07) is 3.63. The van der Waals surface area contributed by atoms with Crippen LogP contribution in [0.2, 0.25) is 5.02 Å². The second-order valence-corrected chi connectivity index (χ2v) is 6.09. The van der Waals surface area contributed by atoms with Crippen LogP contribution < -0.4 is 11.1 Å². The van der Waals surface area contributed by atoms with Gasteiger partial charge in [0.1, 0.15) is 0 Å². The Morgan fingerprint density at radius 1 is 1.56 bits per heavy atom. The molecule has 3 N–H and O–H groups in total. The van der Waals surface area contributed by atoms with E-state index in [2.05, 4.69) is 5.32 Å². The summed E-state index contributed by atoms with van der Waals surface area (Å²) in [7, 11) is -0.821. The standard InChI is InChI=1S/C11H17ClN2OS/c1-7-4-10(13)9(12)5-11(7)14-6-8(2)16(3)15/h4-5,8,14H,6,13H2,1-3H3. The van der Waals surface area contributed by atoms with Gasteiger partial charge in [0.15, 0.2) is 0 Å². The Labute approximate surface area is 104 Å². The molecule has 16 heavy (non-hydrogen) atoms. The van der Waals surface area contributed by atoms with Gasteiger partial charge in [0.2, 0.25) is 0 Å². The molecule has 0 bridgehead atoms. The van der Waals surface area contributed by atoms with Crippen LogP contribution in [0.5, 0.6) is 0 Å². The first-order valence-electron chi connectivity index (χ1n) is 5.03. The SMILES string of the molecule is Cc1cc(N)c(Cl)cc1NCC(C)S(C)=O. The quantitative estimate of drug-likeness (QED) is 0.818. The van der Waals surface area contributed by atoms with E-state index in [0.717, 1.165) is 11.3 Å². The van der Waals surface area contributed by atoms with E-state index in [0.29, 0.717) is 17.3 Å². The van der Waals surface area contributed by atoms with Crippen molar-refractivity contribution in [2.75, 3.05) is 23.9 Å². The molecular weight excluding hydrogens is 244 g/mol. The van der Waals surface area contributed by atoms with Crippen molar-refractivity contribution in [3.8, 4) is 0 Å². The molecule has 5 heteroatoms. The minimum Gasteiger partial charge on any atom is -0.398 e. The summed E-state index contributed by atoms with van der Waals surface area (Å²) in [6.45, 7) is 4.56. The van der Waals surface area contributed by atoms with E-state index in [1.54, 1.807) is 12.3 Å². The molecule has 0 saturated heterocycles. The maximum Gasteiger partial charge on any atom is 0.0656 e. The average Bonchev–Trinajstić information content (AvgIpc) is 2.20. The van der Waals surface area contributed by atoms with Gasteiger partial charge in [-0.25, -0.2) is 0 Å². The number of nitrogens with one attached hydrogen (secondary N) is 1. The average molecular weight is 261 g/mol. The number of halogens is 1. The van der Waals surface area contributed by atoms with Crippen molar-refractivity contribution in [2.24, 2.45) is 0 Å². The van der Waals surface area contributed by atoms with E-state index in [9.17, 15) is 4.21 Å². The van der Waals surface area contributed by atoms with Crippen LogP contribution in [-0.2, 0) is 10.8 Å². The maximum absolute atomic E-state index is 11.2. The van der Waals surface area contributed by atoms with Crippen molar-refractivity contribution in [3.63, 3.8) is 0 Å². The molecule has 0 aromatic heterocycles. The molecule has 0 saturated carbocycles. The second kappa shape index (κ2) is 5.55. The highest BCUT2D eigenvalue weighted by molar-refractivity contribution is 7.84. The van der Waals surface area contributed by atoms with E-state index in [1.165, 1.54) is 0 Å². The first-order valence-corrected chi connectivity index (χ1v) is 7.03. The van der Waals surface area contributed by atoms with Gasteiger partial charge in [-0.1, -0.05) is 11.6 Å². The fourth-order valence-corrected chi connectivity index (χ4v) is 1.75. The number of nitrogen functional groups attached to an aromatic ring is 1. The third-order valence-electron chi connectivity index (χ3n) is 2.49. The normalized spacial score (nSPS) is 14.5. The Balaban J connectivity index is 2.74. The Bertz CT molecular complexity index is 409. The molecule has 3 nitrogen and oxygen atoms in total. The minimum atomic E-state index is -0.821. The van der Waals surface area contributed by atoms with Gasteiger partial charge in [-0.2, -0.15) is 0 Å². The highest BCUT2D eigenvalue weighted by Crippen LogP contribution is 2.26. The van der Waals surface area contributed by atoms with Gasteiger partial charge < -0.3 is 11.1 Å². The van der Waals surface area contributed by atoms with Crippen LogP contribution in [0.3, 0.4) is 0 Å². The van der Waals surface area contributed by atoms with Crippen molar-refractivity contribution in [1.29, 1.82) is 0 Å². The van der Waals surface area contributed by atoms with Gasteiger partial charge >= 0.3 is 0 Å².